The third kappa shape index (κ3) is 3.39. The molecule has 128 valence electrons. The highest BCUT2D eigenvalue weighted by molar-refractivity contribution is 7.15. The van der Waals surface area contributed by atoms with Gasteiger partial charge in [-0.1, -0.05) is 48.1 Å². The lowest BCUT2D eigenvalue weighted by Crippen LogP contribution is -2.42. The Hall–Kier alpha value is -2.34. The first-order valence-corrected chi connectivity index (χ1v) is 9.28. The summed E-state index contributed by atoms with van der Waals surface area (Å²) < 4.78 is 14.2. The van der Waals surface area contributed by atoms with Crippen molar-refractivity contribution in [1.29, 1.82) is 0 Å². The molecule has 1 aliphatic rings. The fourth-order valence-electron chi connectivity index (χ4n) is 3.29. The van der Waals surface area contributed by atoms with Gasteiger partial charge >= 0.3 is 0 Å². The van der Waals surface area contributed by atoms with Crippen molar-refractivity contribution >= 4 is 16.5 Å². The van der Waals surface area contributed by atoms with Crippen molar-refractivity contribution in [2.24, 2.45) is 0 Å². The molecule has 0 aliphatic heterocycles. The molecule has 0 unspecified atom stereocenters. The summed E-state index contributed by atoms with van der Waals surface area (Å²) in [6.45, 7) is 0.640. The summed E-state index contributed by atoms with van der Waals surface area (Å²) >= 11 is 1.55. The third-order valence-electron chi connectivity index (χ3n) is 4.81. The number of aromatic nitrogens is 3. The zero-order valence-electron chi connectivity index (χ0n) is 13.8. The number of rotatable bonds is 6. The van der Waals surface area contributed by atoms with E-state index < -0.39 is 0 Å². The van der Waals surface area contributed by atoms with E-state index in [2.05, 4.69) is 32.6 Å². The van der Waals surface area contributed by atoms with Crippen LogP contribution in [0.25, 0.3) is 0 Å². The first kappa shape index (κ1) is 16.1. The highest BCUT2D eigenvalue weighted by Crippen LogP contribution is 2.43. The molecular weight excluding hydrogens is 335 g/mol. The molecule has 0 amide bonds. The van der Waals surface area contributed by atoms with Crippen LogP contribution in [0, 0.1) is 5.82 Å². The maximum Gasteiger partial charge on any atom is 0.205 e. The van der Waals surface area contributed by atoms with Crippen molar-refractivity contribution in [2.75, 3.05) is 11.9 Å². The second-order valence-corrected chi connectivity index (χ2v) is 7.55. The Kier molecular flexibility index (Phi) is 4.44. The van der Waals surface area contributed by atoms with E-state index in [4.69, 9.17) is 0 Å². The zero-order chi connectivity index (χ0) is 17.1. The van der Waals surface area contributed by atoms with Crippen LogP contribution in [0.5, 0.6) is 0 Å². The van der Waals surface area contributed by atoms with Crippen LogP contribution in [0.1, 0.15) is 35.5 Å². The fraction of sp³-hybridized carbons (Fsp3) is 0.316. The molecule has 1 saturated carbocycles. The first-order valence-electron chi connectivity index (χ1n) is 8.46. The average molecular weight is 354 g/mol. The van der Waals surface area contributed by atoms with E-state index >= 15 is 0 Å². The van der Waals surface area contributed by atoms with E-state index in [9.17, 15) is 4.39 Å². The fourth-order valence-corrected chi connectivity index (χ4v) is 4.06. The van der Waals surface area contributed by atoms with Crippen LogP contribution in [-0.2, 0) is 11.8 Å². The van der Waals surface area contributed by atoms with Gasteiger partial charge in [-0.3, -0.25) is 4.98 Å². The second kappa shape index (κ2) is 6.88. The van der Waals surface area contributed by atoms with Crippen molar-refractivity contribution in [3.63, 3.8) is 0 Å². The Morgan fingerprint density at radius 2 is 1.92 bits per heavy atom. The van der Waals surface area contributed by atoms with Gasteiger partial charge in [0.2, 0.25) is 5.13 Å². The van der Waals surface area contributed by atoms with Crippen molar-refractivity contribution in [3.8, 4) is 0 Å². The lowest BCUT2D eigenvalue weighted by molar-refractivity contribution is 0.243. The summed E-state index contributed by atoms with van der Waals surface area (Å²) in [5.74, 6) is -0.217. The summed E-state index contributed by atoms with van der Waals surface area (Å²) in [4.78, 5) is 4.30. The van der Waals surface area contributed by atoms with E-state index in [0.717, 1.165) is 35.8 Å². The second-order valence-electron chi connectivity index (χ2n) is 6.48. The van der Waals surface area contributed by atoms with Crippen LogP contribution in [-0.4, -0.2) is 21.7 Å². The van der Waals surface area contributed by atoms with Gasteiger partial charge in [0.25, 0.3) is 0 Å². The SMILES string of the molecule is Fc1cccnc1C1(CNc2nnc(Cc3ccccc3)s2)CCC1. The van der Waals surface area contributed by atoms with Gasteiger partial charge in [0.15, 0.2) is 0 Å². The molecule has 0 radical (unpaired) electrons. The molecule has 0 saturated heterocycles. The van der Waals surface area contributed by atoms with Crippen molar-refractivity contribution in [1.82, 2.24) is 15.2 Å². The molecule has 2 aromatic heterocycles. The van der Waals surface area contributed by atoms with Crippen LogP contribution >= 0.6 is 11.3 Å². The van der Waals surface area contributed by atoms with Crippen molar-refractivity contribution in [2.45, 2.75) is 31.1 Å². The Labute approximate surface area is 150 Å². The van der Waals surface area contributed by atoms with Crippen LogP contribution in [0.4, 0.5) is 9.52 Å². The standard InChI is InChI=1S/C19H19FN4S/c20-15-8-4-11-21-17(15)19(9-5-10-19)13-22-18-24-23-16(25-18)12-14-6-2-1-3-7-14/h1-4,6-8,11H,5,9-10,12-13H2,(H,22,24). The summed E-state index contributed by atoms with van der Waals surface area (Å²) in [6.07, 6.45) is 5.45. The minimum Gasteiger partial charge on any atom is -0.359 e. The van der Waals surface area contributed by atoms with E-state index in [-0.39, 0.29) is 11.2 Å². The number of hydrogen-bond donors (Lipinski definition) is 1. The molecule has 4 rings (SSSR count). The topological polar surface area (TPSA) is 50.7 Å². The monoisotopic (exact) mass is 354 g/mol. The van der Waals surface area contributed by atoms with Gasteiger partial charge in [-0.25, -0.2) is 4.39 Å². The maximum absolute atomic E-state index is 14.2. The smallest absolute Gasteiger partial charge is 0.205 e. The Morgan fingerprint density at radius 3 is 2.64 bits per heavy atom. The van der Waals surface area contributed by atoms with Crippen LogP contribution in [0.2, 0.25) is 0 Å². The Balaban J connectivity index is 1.44. The van der Waals surface area contributed by atoms with Gasteiger partial charge in [-0.05, 0) is 30.5 Å². The molecule has 0 atom stereocenters. The number of nitrogens with zero attached hydrogens (tertiary/aromatic N) is 3. The van der Waals surface area contributed by atoms with E-state index in [1.807, 2.05) is 18.2 Å². The lowest BCUT2D eigenvalue weighted by atomic mass is 9.66. The number of anilines is 1. The molecule has 25 heavy (non-hydrogen) atoms. The Bertz CT molecular complexity index is 845. The predicted molar refractivity (Wildman–Crippen MR) is 97.4 cm³/mol. The van der Waals surface area contributed by atoms with Crippen LogP contribution in [0.15, 0.2) is 48.7 Å². The predicted octanol–water partition coefficient (Wildman–Crippen LogP) is 4.20. The van der Waals surface area contributed by atoms with Gasteiger partial charge < -0.3 is 5.32 Å². The molecule has 1 fully saturated rings. The molecule has 4 nitrogen and oxygen atoms in total. The molecule has 1 aromatic carbocycles. The summed E-state index contributed by atoms with van der Waals surface area (Å²) in [5.41, 5.74) is 1.57. The molecule has 3 aromatic rings. The number of benzene rings is 1. The van der Waals surface area contributed by atoms with Gasteiger partial charge in [0, 0.05) is 24.6 Å². The van der Waals surface area contributed by atoms with Crippen molar-refractivity contribution in [3.05, 3.63) is 70.7 Å². The van der Waals surface area contributed by atoms with Gasteiger partial charge in [-0.15, -0.1) is 10.2 Å². The van der Waals surface area contributed by atoms with Crippen molar-refractivity contribution < 1.29 is 4.39 Å². The summed E-state index contributed by atoms with van der Waals surface area (Å²) in [5, 5.41) is 13.6. The van der Waals surface area contributed by atoms with Gasteiger partial charge in [0.1, 0.15) is 10.8 Å². The quantitative estimate of drug-likeness (QED) is 0.721. The number of pyridine rings is 1. The number of hydrogen-bond acceptors (Lipinski definition) is 5. The Morgan fingerprint density at radius 1 is 1.08 bits per heavy atom. The zero-order valence-corrected chi connectivity index (χ0v) is 14.6. The third-order valence-corrected chi connectivity index (χ3v) is 5.70. The number of nitrogens with one attached hydrogen (secondary N) is 1. The minimum absolute atomic E-state index is 0.217. The molecule has 1 N–H and O–H groups in total. The molecule has 2 heterocycles. The van der Waals surface area contributed by atoms with Gasteiger partial charge in [-0.2, -0.15) is 0 Å². The minimum atomic E-state index is -0.226. The molecule has 6 heteroatoms. The molecule has 0 spiro atoms. The first-order chi connectivity index (χ1) is 12.3. The average Bonchev–Trinajstić information content (AvgIpc) is 3.04. The van der Waals surface area contributed by atoms with E-state index in [0.29, 0.717) is 12.2 Å². The lowest BCUT2D eigenvalue weighted by Gasteiger charge is -2.41. The highest BCUT2D eigenvalue weighted by atomic mass is 32.1. The summed E-state index contributed by atoms with van der Waals surface area (Å²) in [6, 6.07) is 13.4. The van der Waals surface area contributed by atoms with E-state index in [1.54, 1.807) is 23.6 Å². The molecule has 1 aliphatic carbocycles. The largest absolute Gasteiger partial charge is 0.359 e. The summed E-state index contributed by atoms with van der Waals surface area (Å²) in [7, 11) is 0. The highest BCUT2D eigenvalue weighted by Gasteiger charge is 2.41. The van der Waals surface area contributed by atoms with E-state index in [1.165, 1.54) is 11.6 Å². The van der Waals surface area contributed by atoms with Gasteiger partial charge in [0.05, 0.1) is 5.69 Å². The normalized spacial score (nSPS) is 15.6. The molecule has 0 bridgehead atoms. The maximum atomic E-state index is 14.2. The number of halogens is 1. The van der Waals surface area contributed by atoms with Crippen LogP contribution < -0.4 is 5.32 Å². The molecular formula is C19H19FN4S. The van der Waals surface area contributed by atoms with Crippen LogP contribution in [0.3, 0.4) is 0 Å².